The average Bonchev–Trinajstić information content (AvgIpc) is 2.68. The van der Waals surface area contributed by atoms with E-state index in [0.717, 1.165) is 25.9 Å². The lowest BCUT2D eigenvalue weighted by Crippen LogP contribution is -2.05. The number of benzene rings is 1. The molecule has 0 fully saturated rings. The van der Waals surface area contributed by atoms with Gasteiger partial charge in [-0.2, -0.15) is 0 Å². The van der Waals surface area contributed by atoms with Gasteiger partial charge in [0.25, 0.3) is 0 Å². The van der Waals surface area contributed by atoms with Gasteiger partial charge in [-0.05, 0) is 25.5 Å². The standard InChI is InChI=1S/C12H16N2S/c13-7-3-4-8-14-11-9-15-12-6-2-1-5-10(11)12/h1-2,5-6,9,14H,3-4,7-8,13H2. The summed E-state index contributed by atoms with van der Waals surface area (Å²) in [5.74, 6) is 0. The van der Waals surface area contributed by atoms with Crippen molar-refractivity contribution in [1.29, 1.82) is 0 Å². The summed E-state index contributed by atoms with van der Waals surface area (Å²) in [5.41, 5.74) is 6.71. The molecule has 0 atom stereocenters. The highest BCUT2D eigenvalue weighted by atomic mass is 32.1. The van der Waals surface area contributed by atoms with Crippen molar-refractivity contribution in [3.8, 4) is 0 Å². The lowest BCUT2D eigenvalue weighted by Gasteiger charge is -2.03. The van der Waals surface area contributed by atoms with Gasteiger partial charge >= 0.3 is 0 Å². The van der Waals surface area contributed by atoms with Crippen molar-refractivity contribution in [3.63, 3.8) is 0 Å². The van der Waals surface area contributed by atoms with Crippen LogP contribution in [0.15, 0.2) is 29.6 Å². The molecule has 15 heavy (non-hydrogen) atoms. The Balaban J connectivity index is 2.02. The molecule has 1 aromatic carbocycles. The van der Waals surface area contributed by atoms with Crippen molar-refractivity contribution >= 4 is 27.1 Å². The van der Waals surface area contributed by atoms with Crippen LogP contribution in [0.25, 0.3) is 10.1 Å². The predicted molar refractivity (Wildman–Crippen MR) is 68.6 cm³/mol. The zero-order valence-corrected chi connectivity index (χ0v) is 9.52. The highest BCUT2D eigenvalue weighted by Crippen LogP contribution is 2.29. The third-order valence-corrected chi connectivity index (χ3v) is 3.39. The van der Waals surface area contributed by atoms with Crippen molar-refractivity contribution in [2.24, 2.45) is 5.73 Å². The normalized spacial score (nSPS) is 10.7. The number of unbranched alkanes of at least 4 members (excludes halogenated alkanes) is 1. The molecule has 0 unspecified atom stereocenters. The molecule has 0 bridgehead atoms. The van der Waals surface area contributed by atoms with E-state index in [1.54, 1.807) is 11.3 Å². The van der Waals surface area contributed by atoms with Crippen molar-refractivity contribution in [3.05, 3.63) is 29.6 Å². The fourth-order valence-corrected chi connectivity index (χ4v) is 2.52. The molecular formula is C12H16N2S. The lowest BCUT2D eigenvalue weighted by molar-refractivity contribution is 0.775. The number of hydrogen-bond donors (Lipinski definition) is 2. The number of fused-ring (bicyclic) bond motifs is 1. The Morgan fingerprint density at radius 1 is 1.20 bits per heavy atom. The predicted octanol–water partition coefficient (Wildman–Crippen LogP) is 3.05. The number of rotatable bonds is 5. The zero-order valence-electron chi connectivity index (χ0n) is 8.70. The Morgan fingerprint density at radius 3 is 2.93 bits per heavy atom. The number of thiophene rings is 1. The van der Waals surface area contributed by atoms with Crippen molar-refractivity contribution in [2.75, 3.05) is 18.4 Å². The fourth-order valence-electron chi connectivity index (χ4n) is 1.61. The van der Waals surface area contributed by atoms with Crippen LogP contribution in [0.1, 0.15) is 12.8 Å². The largest absolute Gasteiger partial charge is 0.384 e. The second-order valence-electron chi connectivity index (χ2n) is 3.57. The third kappa shape index (κ3) is 2.49. The molecule has 3 N–H and O–H groups in total. The van der Waals surface area contributed by atoms with Crippen LogP contribution >= 0.6 is 11.3 Å². The van der Waals surface area contributed by atoms with E-state index in [1.807, 2.05) is 0 Å². The summed E-state index contributed by atoms with van der Waals surface area (Å²) in [4.78, 5) is 0. The number of hydrogen-bond acceptors (Lipinski definition) is 3. The van der Waals surface area contributed by atoms with E-state index < -0.39 is 0 Å². The van der Waals surface area contributed by atoms with Crippen LogP contribution < -0.4 is 11.1 Å². The summed E-state index contributed by atoms with van der Waals surface area (Å²) in [6.07, 6.45) is 2.23. The summed E-state index contributed by atoms with van der Waals surface area (Å²) in [6.45, 7) is 1.80. The topological polar surface area (TPSA) is 38.0 Å². The van der Waals surface area contributed by atoms with E-state index in [2.05, 4.69) is 35.0 Å². The molecule has 0 radical (unpaired) electrons. The maximum atomic E-state index is 5.45. The van der Waals surface area contributed by atoms with Gasteiger partial charge in [0.1, 0.15) is 0 Å². The van der Waals surface area contributed by atoms with Gasteiger partial charge < -0.3 is 11.1 Å². The summed E-state index contributed by atoms with van der Waals surface area (Å²) in [7, 11) is 0. The lowest BCUT2D eigenvalue weighted by atomic mass is 10.2. The Bertz CT molecular complexity index is 422. The van der Waals surface area contributed by atoms with Gasteiger partial charge in [0.05, 0.1) is 5.69 Å². The molecule has 2 nitrogen and oxygen atoms in total. The Hall–Kier alpha value is -1.06. The van der Waals surface area contributed by atoms with Crippen LogP contribution in [0.3, 0.4) is 0 Å². The van der Waals surface area contributed by atoms with E-state index in [9.17, 15) is 0 Å². The van der Waals surface area contributed by atoms with Gasteiger partial charge in [-0.1, -0.05) is 18.2 Å². The smallest absolute Gasteiger partial charge is 0.0528 e. The van der Waals surface area contributed by atoms with Gasteiger partial charge in [-0.3, -0.25) is 0 Å². The van der Waals surface area contributed by atoms with Gasteiger partial charge in [0.15, 0.2) is 0 Å². The molecule has 0 saturated carbocycles. The maximum Gasteiger partial charge on any atom is 0.0528 e. The molecule has 2 rings (SSSR count). The van der Waals surface area contributed by atoms with Crippen molar-refractivity contribution in [1.82, 2.24) is 0 Å². The summed E-state index contributed by atoms with van der Waals surface area (Å²) in [6, 6.07) is 8.49. The molecule has 1 aromatic heterocycles. The zero-order chi connectivity index (χ0) is 10.5. The first kappa shape index (κ1) is 10.5. The Morgan fingerprint density at radius 2 is 2.07 bits per heavy atom. The quantitative estimate of drug-likeness (QED) is 0.760. The number of nitrogens with one attached hydrogen (secondary N) is 1. The molecular weight excluding hydrogens is 204 g/mol. The van der Waals surface area contributed by atoms with Gasteiger partial charge in [-0.25, -0.2) is 0 Å². The van der Waals surface area contributed by atoms with Crippen LogP contribution in [0.5, 0.6) is 0 Å². The third-order valence-electron chi connectivity index (χ3n) is 2.43. The van der Waals surface area contributed by atoms with E-state index in [1.165, 1.54) is 15.8 Å². The maximum absolute atomic E-state index is 5.45. The van der Waals surface area contributed by atoms with Gasteiger partial charge in [-0.15, -0.1) is 11.3 Å². The average molecular weight is 220 g/mol. The minimum atomic E-state index is 0.784. The van der Waals surface area contributed by atoms with Crippen LogP contribution in [0.2, 0.25) is 0 Å². The monoisotopic (exact) mass is 220 g/mol. The number of nitrogens with two attached hydrogens (primary N) is 1. The highest BCUT2D eigenvalue weighted by molar-refractivity contribution is 7.17. The molecule has 0 aliphatic heterocycles. The first-order valence-electron chi connectivity index (χ1n) is 5.32. The Labute approximate surface area is 94.1 Å². The molecule has 0 saturated heterocycles. The summed E-state index contributed by atoms with van der Waals surface area (Å²) >= 11 is 1.79. The summed E-state index contributed by atoms with van der Waals surface area (Å²) < 4.78 is 1.35. The second kappa shape index (κ2) is 5.14. The van der Waals surface area contributed by atoms with E-state index >= 15 is 0 Å². The van der Waals surface area contributed by atoms with Crippen LogP contribution in [0, 0.1) is 0 Å². The van der Waals surface area contributed by atoms with Crippen molar-refractivity contribution in [2.45, 2.75) is 12.8 Å². The molecule has 0 aliphatic carbocycles. The molecule has 80 valence electrons. The molecule has 2 aromatic rings. The SMILES string of the molecule is NCCCCNc1csc2ccccc12. The minimum absolute atomic E-state index is 0.784. The summed E-state index contributed by atoms with van der Waals surface area (Å²) in [5, 5.41) is 6.97. The second-order valence-corrected chi connectivity index (χ2v) is 4.48. The van der Waals surface area contributed by atoms with Crippen LogP contribution in [-0.2, 0) is 0 Å². The van der Waals surface area contributed by atoms with E-state index in [-0.39, 0.29) is 0 Å². The molecule has 0 spiro atoms. The van der Waals surface area contributed by atoms with E-state index in [0.29, 0.717) is 0 Å². The number of anilines is 1. The fraction of sp³-hybridized carbons (Fsp3) is 0.333. The Kier molecular flexibility index (Phi) is 3.59. The molecule has 3 heteroatoms. The van der Waals surface area contributed by atoms with Gasteiger partial charge in [0, 0.05) is 22.0 Å². The van der Waals surface area contributed by atoms with Gasteiger partial charge in [0.2, 0.25) is 0 Å². The van der Waals surface area contributed by atoms with Crippen LogP contribution in [-0.4, -0.2) is 13.1 Å². The minimum Gasteiger partial charge on any atom is -0.384 e. The molecule has 0 aliphatic rings. The first-order valence-corrected chi connectivity index (χ1v) is 6.20. The molecule has 0 amide bonds. The first-order chi connectivity index (χ1) is 7.42. The highest BCUT2D eigenvalue weighted by Gasteiger charge is 2.01. The van der Waals surface area contributed by atoms with Crippen molar-refractivity contribution < 1.29 is 0 Å². The van der Waals surface area contributed by atoms with E-state index in [4.69, 9.17) is 5.73 Å². The molecule has 1 heterocycles. The van der Waals surface area contributed by atoms with Crippen LogP contribution in [0.4, 0.5) is 5.69 Å².